The normalized spacial score (nSPS) is 17.1. The van der Waals surface area contributed by atoms with Gasteiger partial charge in [0.2, 0.25) is 0 Å². The molecule has 0 aromatic rings. The van der Waals surface area contributed by atoms with Gasteiger partial charge >= 0.3 is 0 Å². The third kappa shape index (κ3) is 6.77. The van der Waals surface area contributed by atoms with Crippen LogP contribution in [-0.2, 0) is 0 Å². The quantitative estimate of drug-likeness (QED) is 0.215. The Kier molecular flexibility index (Phi) is 10.1. The summed E-state index contributed by atoms with van der Waals surface area (Å²) in [5.41, 5.74) is 0.159. The molecular formula is C21H40BP. The van der Waals surface area contributed by atoms with E-state index >= 15 is 0 Å². The lowest BCUT2D eigenvalue weighted by atomic mass is 9.67. The van der Waals surface area contributed by atoms with Crippen molar-refractivity contribution in [2.45, 2.75) is 97.7 Å². The van der Waals surface area contributed by atoms with Gasteiger partial charge < -0.3 is 0 Å². The van der Waals surface area contributed by atoms with E-state index in [1.807, 2.05) is 0 Å². The van der Waals surface area contributed by atoms with Crippen LogP contribution < -0.4 is 0 Å². The molecule has 0 nitrogen and oxygen atoms in total. The summed E-state index contributed by atoms with van der Waals surface area (Å²) in [4.78, 5) is 0. The summed E-state index contributed by atoms with van der Waals surface area (Å²) < 4.78 is 0. The van der Waals surface area contributed by atoms with E-state index in [1.165, 1.54) is 19.3 Å². The van der Waals surface area contributed by atoms with Gasteiger partial charge in [-0.15, -0.1) is 8.58 Å². The van der Waals surface area contributed by atoms with Gasteiger partial charge in [-0.2, -0.15) is 0 Å². The number of hydrogen-bond donors (Lipinski definition) is 0. The Balaban J connectivity index is 5.67. The molecule has 1 unspecified atom stereocenters. The monoisotopic (exact) mass is 334 g/mol. The van der Waals surface area contributed by atoms with Crippen molar-refractivity contribution in [3.05, 3.63) is 24.3 Å². The molecule has 0 amide bonds. The standard InChI is InChI=1S/C21H40BP/c1-9-15-20(16-10-2,18(11-3)12-4)17-19(7,8)23-21(22,13-5)14-6/h9-10,15-16,18,23H,11-14,17H2,1-8H3. The fraction of sp³-hybridized carbons (Fsp3) is 0.810. The summed E-state index contributed by atoms with van der Waals surface area (Å²) in [6.07, 6.45) is 15.1. The molecule has 0 bridgehead atoms. The smallest absolute Gasteiger partial charge is 0.0806 e. The molecule has 0 saturated carbocycles. The van der Waals surface area contributed by atoms with E-state index in [0.717, 1.165) is 21.4 Å². The third-order valence-corrected chi connectivity index (χ3v) is 7.36. The second-order valence-corrected chi connectivity index (χ2v) is 10.3. The Morgan fingerprint density at radius 2 is 1.35 bits per heavy atom. The molecule has 0 aliphatic heterocycles. The van der Waals surface area contributed by atoms with Crippen LogP contribution in [0, 0.1) is 11.3 Å². The molecule has 0 N–H and O–H groups in total. The summed E-state index contributed by atoms with van der Waals surface area (Å²) in [5.74, 6) is 0.689. The van der Waals surface area contributed by atoms with Gasteiger partial charge in [-0.25, -0.2) is 0 Å². The molecule has 2 heteroatoms. The zero-order valence-electron chi connectivity index (χ0n) is 17.0. The van der Waals surface area contributed by atoms with Crippen LogP contribution in [0.1, 0.15) is 87.5 Å². The molecule has 0 aliphatic carbocycles. The van der Waals surface area contributed by atoms with E-state index in [4.69, 9.17) is 7.85 Å². The maximum Gasteiger partial charge on any atom is 0.0806 e. The van der Waals surface area contributed by atoms with Gasteiger partial charge in [0.15, 0.2) is 0 Å². The first-order chi connectivity index (χ1) is 10.7. The van der Waals surface area contributed by atoms with Gasteiger partial charge in [0.1, 0.15) is 0 Å². The highest BCUT2D eigenvalue weighted by Crippen LogP contribution is 2.53. The topological polar surface area (TPSA) is 0 Å². The molecule has 0 aliphatic rings. The van der Waals surface area contributed by atoms with E-state index in [1.54, 1.807) is 0 Å². The highest BCUT2D eigenvalue weighted by Gasteiger charge is 2.39. The zero-order chi connectivity index (χ0) is 18.1. The molecular weight excluding hydrogens is 294 g/mol. The molecule has 0 spiro atoms. The minimum absolute atomic E-state index is 0.00494. The van der Waals surface area contributed by atoms with E-state index < -0.39 is 0 Å². The fourth-order valence-corrected chi connectivity index (χ4v) is 6.27. The Labute approximate surface area is 150 Å². The van der Waals surface area contributed by atoms with E-state index in [-0.39, 0.29) is 15.6 Å². The van der Waals surface area contributed by atoms with Crippen molar-refractivity contribution < 1.29 is 0 Å². The molecule has 0 fully saturated rings. The lowest BCUT2D eigenvalue weighted by Gasteiger charge is -2.45. The maximum absolute atomic E-state index is 6.67. The van der Waals surface area contributed by atoms with E-state index in [2.05, 4.69) is 79.7 Å². The van der Waals surface area contributed by atoms with Gasteiger partial charge in [0.25, 0.3) is 0 Å². The second-order valence-electron chi connectivity index (χ2n) is 7.67. The van der Waals surface area contributed by atoms with Crippen molar-refractivity contribution in [2.75, 3.05) is 0 Å². The van der Waals surface area contributed by atoms with Crippen LogP contribution in [0.5, 0.6) is 0 Å². The Bertz CT molecular complexity index is 361. The van der Waals surface area contributed by atoms with Gasteiger partial charge in [0, 0.05) is 5.41 Å². The molecule has 0 rings (SSSR count). The Hall–Kier alpha value is -0.0251. The van der Waals surface area contributed by atoms with Crippen molar-refractivity contribution in [1.29, 1.82) is 0 Å². The largest absolute Gasteiger partial charge is 0.119 e. The van der Waals surface area contributed by atoms with Crippen molar-refractivity contribution in [3.8, 4) is 0 Å². The van der Waals surface area contributed by atoms with Crippen LogP contribution in [0.3, 0.4) is 0 Å². The van der Waals surface area contributed by atoms with Crippen molar-refractivity contribution in [2.24, 2.45) is 11.3 Å². The minimum Gasteiger partial charge on any atom is -0.119 e. The molecule has 23 heavy (non-hydrogen) atoms. The van der Waals surface area contributed by atoms with Crippen molar-refractivity contribution in [1.82, 2.24) is 0 Å². The van der Waals surface area contributed by atoms with Crippen LogP contribution in [0.2, 0.25) is 0 Å². The second kappa shape index (κ2) is 10.1. The summed E-state index contributed by atoms with van der Waals surface area (Å²) in [7, 11) is 7.46. The molecule has 0 heterocycles. The average molecular weight is 334 g/mol. The van der Waals surface area contributed by atoms with E-state index in [9.17, 15) is 0 Å². The first kappa shape index (κ1) is 23.0. The Morgan fingerprint density at radius 3 is 1.65 bits per heavy atom. The molecule has 132 valence electrons. The Morgan fingerprint density at radius 1 is 0.913 bits per heavy atom. The number of rotatable bonds is 11. The van der Waals surface area contributed by atoms with Crippen LogP contribution in [0.15, 0.2) is 24.3 Å². The zero-order valence-corrected chi connectivity index (χ0v) is 18.0. The SMILES string of the molecule is [B]C(CC)(CC)PC(C)(C)CC(C=CC)(C=CC)C(CC)CC. The van der Waals surface area contributed by atoms with Crippen molar-refractivity contribution >= 4 is 16.4 Å². The van der Waals surface area contributed by atoms with Crippen molar-refractivity contribution in [3.63, 3.8) is 0 Å². The summed E-state index contributed by atoms with van der Waals surface area (Å²) in [5, 5.41) is 0.247. The minimum atomic E-state index is -0.00494. The molecule has 0 aromatic heterocycles. The highest BCUT2D eigenvalue weighted by molar-refractivity contribution is 7.44. The van der Waals surface area contributed by atoms with Crippen LogP contribution in [-0.4, -0.2) is 18.1 Å². The van der Waals surface area contributed by atoms with Crippen LogP contribution in [0.25, 0.3) is 0 Å². The third-order valence-electron chi connectivity index (χ3n) is 5.30. The molecule has 2 radical (unpaired) electrons. The summed E-state index contributed by atoms with van der Waals surface area (Å²) >= 11 is 0. The maximum atomic E-state index is 6.67. The predicted molar refractivity (Wildman–Crippen MR) is 112 cm³/mol. The first-order valence-corrected chi connectivity index (χ1v) is 10.5. The first-order valence-electron chi connectivity index (χ1n) is 9.54. The number of allylic oxidation sites excluding steroid dienone is 4. The molecule has 1 atom stereocenters. The lowest BCUT2D eigenvalue weighted by molar-refractivity contribution is 0.240. The van der Waals surface area contributed by atoms with Gasteiger partial charge in [-0.3, -0.25) is 0 Å². The number of hydrogen-bond acceptors (Lipinski definition) is 0. The van der Waals surface area contributed by atoms with Gasteiger partial charge in [0.05, 0.1) is 7.85 Å². The van der Waals surface area contributed by atoms with Crippen LogP contribution in [0.4, 0.5) is 0 Å². The lowest BCUT2D eigenvalue weighted by Crippen LogP contribution is -2.36. The molecule has 0 saturated heterocycles. The average Bonchev–Trinajstić information content (AvgIpc) is 2.47. The van der Waals surface area contributed by atoms with Gasteiger partial charge in [-0.05, 0) is 36.4 Å². The van der Waals surface area contributed by atoms with E-state index in [0.29, 0.717) is 5.92 Å². The molecule has 0 aromatic carbocycles. The summed E-state index contributed by atoms with van der Waals surface area (Å²) in [6.45, 7) is 18.3. The highest BCUT2D eigenvalue weighted by atomic mass is 31.1. The van der Waals surface area contributed by atoms with Gasteiger partial charge in [-0.1, -0.05) is 91.5 Å². The predicted octanol–water partition coefficient (Wildman–Crippen LogP) is 7.09. The van der Waals surface area contributed by atoms with Crippen LogP contribution >= 0.6 is 8.58 Å². The summed E-state index contributed by atoms with van der Waals surface area (Å²) in [6, 6.07) is 0. The fourth-order valence-electron chi connectivity index (χ4n) is 4.17.